The highest BCUT2D eigenvalue weighted by Crippen LogP contribution is 2.32. The third-order valence-corrected chi connectivity index (χ3v) is 15.2. The van der Waals surface area contributed by atoms with E-state index in [-0.39, 0.29) is 11.1 Å². The van der Waals surface area contributed by atoms with Crippen LogP contribution >= 0.6 is 0 Å². The van der Waals surface area contributed by atoms with E-state index in [1.54, 1.807) is 7.11 Å². The first-order chi connectivity index (χ1) is 39.9. The zero-order valence-corrected chi connectivity index (χ0v) is 50.2. The minimum Gasteiger partial charge on any atom is -0.493 e. The average molecular weight is 1100 g/mol. The van der Waals surface area contributed by atoms with Gasteiger partial charge < -0.3 is 19.3 Å². The Morgan fingerprint density at radius 1 is 0.537 bits per heavy atom. The Kier molecular flexibility index (Phi) is 20.9. The molecular weight excluding hydrogens is 1020 g/mol. The van der Waals surface area contributed by atoms with E-state index in [2.05, 4.69) is 109 Å². The summed E-state index contributed by atoms with van der Waals surface area (Å²) in [6.45, 7) is 25.9. The SMILES string of the molecule is CCCCCc1nc2n(c(=O)c1CCCC)N=C(c1ccccc1C)C2=Nc1ccc(N(CC)CCOC)cc1C.CCCCOc1ccccc1C1=Nn2c(nc(C)c(-c3ccccc3)c2=O)C1=Nc1ccc(N(CC)CC)cc1C. The summed E-state index contributed by atoms with van der Waals surface area (Å²) < 4.78 is 14.4. The molecule has 14 nitrogen and oxygen atoms in total. The molecule has 428 valence electrons. The lowest BCUT2D eigenvalue weighted by molar-refractivity contribution is 0.205. The Balaban J connectivity index is 0.000000215. The molecular formula is C68H82N10O4. The highest BCUT2D eigenvalue weighted by molar-refractivity contribution is 6.55. The van der Waals surface area contributed by atoms with Gasteiger partial charge in [-0.15, -0.1) is 0 Å². The Morgan fingerprint density at radius 3 is 1.70 bits per heavy atom. The number of aliphatic imine (C=N–C) groups is 2. The number of fused-ring (bicyclic) bond motifs is 2. The number of para-hydroxylation sites is 1. The van der Waals surface area contributed by atoms with Crippen molar-refractivity contribution < 1.29 is 9.47 Å². The largest absolute Gasteiger partial charge is 0.493 e. The standard InChI is InChI=1S/C34H37N5O2.C34H45N5O2/c1-6-9-21-41-29-18-14-13-17-27(29)31-32(36-28-20-19-26(22-23(28)4)38(7-2)8-3)33-35-24(5)30(34(40)39(33)37-31)25-15-11-10-12-16-25;1-7-10-12-18-30-28(16-11-8-2)34(40)39-33(36-30)32(31(37-39)27-17-14-13-15-24(27)4)35-29-20-19-26(23-25(29)5)38(9-3)21-22-41-6/h10-20,22H,6-9,21H2,1-5H3;13-15,17,19-20,23H,7-12,16,18,21-22H2,1-6H3. The predicted molar refractivity (Wildman–Crippen MR) is 339 cm³/mol. The molecule has 82 heavy (non-hydrogen) atoms. The summed E-state index contributed by atoms with van der Waals surface area (Å²) in [5.74, 6) is 1.68. The van der Waals surface area contributed by atoms with Crippen molar-refractivity contribution in [3.8, 4) is 16.9 Å². The number of nitrogens with zero attached hydrogens (tertiary/aromatic N) is 10. The van der Waals surface area contributed by atoms with E-state index in [0.717, 1.165) is 151 Å². The molecule has 0 unspecified atom stereocenters. The number of likely N-dealkylation sites (N-methyl/N-ethyl adjacent to an activating group) is 1. The topological polar surface area (TPSA) is 144 Å². The van der Waals surface area contributed by atoms with E-state index in [0.29, 0.717) is 64.7 Å². The van der Waals surface area contributed by atoms with Crippen LogP contribution in [-0.4, -0.2) is 88.7 Å². The highest BCUT2D eigenvalue weighted by atomic mass is 16.5. The molecule has 2 aromatic heterocycles. The van der Waals surface area contributed by atoms with E-state index < -0.39 is 0 Å². The summed E-state index contributed by atoms with van der Waals surface area (Å²) in [5.41, 5.74) is 14.7. The zero-order valence-electron chi connectivity index (χ0n) is 50.2. The van der Waals surface area contributed by atoms with Gasteiger partial charge in [0.25, 0.3) is 11.1 Å². The molecule has 0 fully saturated rings. The van der Waals surface area contributed by atoms with E-state index in [4.69, 9.17) is 39.6 Å². The second kappa shape index (κ2) is 28.5. The number of ether oxygens (including phenoxy) is 2. The number of hydrogen-bond acceptors (Lipinski definition) is 12. The van der Waals surface area contributed by atoms with Crippen molar-refractivity contribution in [1.82, 2.24) is 19.3 Å². The second-order valence-electron chi connectivity index (χ2n) is 20.9. The number of aromatic nitrogens is 4. The Bertz CT molecular complexity index is 3610. The molecule has 0 aliphatic carbocycles. The minimum atomic E-state index is -0.223. The first-order valence-electron chi connectivity index (χ1n) is 29.6. The summed E-state index contributed by atoms with van der Waals surface area (Å²) in [7, 11) is 1.73. The van der Waals surface area contributed by atoms with Gasteiger partial charge in [-0.3, -0.25) is 9.59 Å². The van der Waals surface area contributed by atoms with E-state index in [9.17, 15) is 9.59 Å². The maximum atomic E-state index is 13.9. The lowest BCUT2D eigenvalue weighted by atomic mass is 10.00. The molecule has 0 saturated carbocycles. The smallest absolute Gasteiger partial charge is 0.282 e. The Hall–Kier alpha value is -8.10. The van der Waals surface area contributed by atoms with E-state index in [1.807, 2.05) is 85.8 Å². The molecule has 9 rings (SSSR count). The summed E-state index contributed by atoms with van der Waals surface area (Å²) in [6, 6.07) is 38.2. The van der Waals surface area contributed by atoms with Crippen LogP contribution in [0, 0.1) is 27.7 Å². The van der Waals surface area contributed by atoms with Crippen LogP contribution in [0.4, 0.5) is 22.7 Å². The first-order valence-corrected chi connectivity index (χ1v) is 29.6. The highest BCUT2D eigenvalue weighted by Gasteiger charge is 2.33. The number of anilines is 2. The van der Waals surface area contributed by atoms with E-state index >= 15 is 0 Å². The van der Waals surface area contributed by atoms with Gasteiger partial charge in [-0.05, 0) is 151 Å². The fourth-order valence-corrected chi connectivity index (χ4v) is 10.4. The fourth-order valence-electron chi connectivity index (χ4n) is 10.4. The molecule has 0 atom stereocenters. The molecule has 5 aromatic carbocycles. The number of hydrogen-bond donors (Lipinski definition) is 0. The van der Waals surface area contributed by atoms with Crippen LogP contribution in [0.1, 0.15) is 143 Å². The predicted octanol–water partition coefficient (Wildman–Crippen LogP) is 13.7. The molecule has 0 radical (unpaired) electrons. The average Bonchev–Trinajstić information content (AvgIpc) is 4.05. The van der Waals surface area contributed by atoms with Crippen molar-refractivity contribution in [2.75, 3.05) is 56.3 Å². The van der Waals surface area contributed by atoms with Gasteiger partial charge in [-0.1, -0.05) is 113 Å². The number of benzene rings is 5. The van der Waals surface area contributed by atoms with Gasteiger partial charge in [0.05, 0.1) is 41.5 Å². The lowest BCUT2D eigenvalue weighted by Crippen LogP contribution is -2.27. The maximum Gasteiger partial charge on any atom is 0.282 e. The van der Waals surface area contributed by atoms with Crippen LogP contribution in [-0.2, 0) is 17.6 Å². The summed E-state index contributed by atoms with van der Waals surface area (Å²) in [6.07, 6.45) is 8.73. The van der Waals surface area contributed by atoms with Crippen LogP contribution in [0.5, 0.6) is 5.75 Å². The molecule has 2 aliphatic rings. The van der Waals surface area contributed by atoms with Gasteiger partial charge in [0.15, 0.2) is 11.6 Å². The van der Waals surface area contributed by atoms with Gasteiger partial charge in [-0.2, -0.15) is 19.6 Å². The molecule has 0 amide bonds. The summed E-state index contributed by atoms with van der Waals surface area (Å²) in [4.78, 5) is 52.8. The van der Waals surface area contributed by atoms with Gasteiger partial charge >= 0.3 is 0 Å². The number of unbranched alkanes of at least 4 members (excludes halogenated alkanes) is 4. The molecule has 2 aliphatic heterocycles. The minimum absolute atomic E-state index is 0.0602. The Labute approximate surface area is 485 Å². The third kappa shape index (κ3) is 13.5. The molecule has 0 bridgehead atoms. The van der Waals surface area contributed by atoms with Gasteiger partial charge in [0.2, 0.25) is 0 Å². The zero-order chi connectivity index (χ0) is 58.3. The number of aryl methyl sites for hydroxylation is 5. The van der Waals surface area contributed by atoms with Crippen LogP contribution in [0.3, 0.4) is 0 Å². The first kappa shape index (κ1) is 60.0. The molecule has 0 saturated heterocycles. The number of methoxy groups -OCH3 is 1. The quantitative estimate of drug-likeness (QED) is 0.0544. The van der Waals surface area contributed by atoms with Crippen LogP contribution < -0.4 is 25.7 Å². The van der Waals surface area contributed by atoms with Crippen molar-refractivity contribution >= 4 is 45.6 Å². The maximum absolute atomic E-state index is 13.9. The molecule has 14 heteroatoms. The molecule has 0 N–H and O–H groups in total. The normalized spacial score (nSPS) is 13.4. The van der Waals surface area contributed by atoms with Crippen molar-refractivity contribution in [3.63, 3.8) is 0 Å². The molecule has 7 aromatic rings. The summed E-state index contributed by atoms with van der Waals surface area (Å²) in [5, 5.41) is 9.75. The van der Waals surface area contributed by atoms with Crippen LogP contribution in [0.15, 0.2) is 145 Å². The van der Waals surface area contributed by atoms with Gasteiger partial charge in [0.1, 0.15) is 28.6 Å². The lowest BCUT2D eigenvalue weighted by Gasteiger charge is -2.23. The Morgan fingerprint density at radius 2 is 1.10 bits per heavy atom. The van der Waals surface area contributed by atoms with Crippen molar-refractivity contribution in [1.29, 1.82) is 0 Å². The van der Waals surface area contributed by atoms with Crippen molar-refractivity contribution in [2.45, 2.75) is 127 Å². The van der Waals surface area contributed by atoms with Crippen molar-refractivity contribution in [3.05, 3.63) is 192 Å². The fraction of sp³-hybridized carbons (Fsp3) is 0.382. The molecule has 4 heterocycles. The number of rotatable bonds is 24. The third-order valence-electron chi connectivity index (χ3n) is 15.2. The van der Waals surface area contributed by atoms with E-state index in [1.165, 1.54) is 9.35 Å². The summed E-state index contributed by atoms with van der Waals surface area (Å²) >= 11 is 0. The second-order valence-corrected chi connectivity index (χ2v) is 20.9. The van der Waals surface area contributed by atoms with Crippen LogP contribution in [0.25, 0.3) is 11.1 Å². The monoisotopic (exact) mass is 1100 g/mol. The van der Waals surface area contributed by atoms with Crippen LogP contribution in [0.2, 0.25) is 0 Å². The van der Waals surface area contributed by atoms with Gasteiger partial charge in [-0.25, -0.2) is 20.0 Å². The molecule has 0 spiro atoms. The van der Waals surface area contributed by atoms with Gasteiger partial charge in [0, 0.05) is 61.4 Å². The van der Waals surface area contributed by atoms with Crippen molar-refractivity contribution in [2.24, 2.45) is 20.2 Å².